The Hall–Kier alpha value is -1.57. The third-order valence-electron chi connectivity index (χ3n) is 6.11. The van der Waals surface area contributed by atoms with Gasteiger partial charge in [-0.05, 0) is 62.6 Å². The van der Waals surface area contributed by atoms with E-state index in [9.17, 15) is 26.4 Å². The number of nitrogens with one attached hydrogen (secondary N) is 1. The van der Waals surface area contributed by atoms with Gasteiger partial charge in [0.25, 0.3) is 0 Å². The minimum Gasteiger partial charge on any atom is -0.353 e. The molecule has 0 heterocycles. The van der Waals surface area contributed by atoms with Crippen molar-refractivity contribution in [2.45, 2.75) is 86.6 Å². The van der Waals surface area contributed by atoms with E-state index in [4.69, 9.17) is 0 Å². The van der Waals surface area contributed by atoms with Gasteiger partial charge in [0.15, 0.2) is 9.84 Å². The summed E-state index contributed by atoms with van der Waals surface area (Å²) in [7, 11) is -3.76. The molecule has 1 aromatic rings. The normalized spacial score (nSPS) is 23.4. The standard InChI is InChI=1S/C21H28F3NO3S/c22-21(23,24)16-7-5-10-18(14-16)29(27,28)19-12-15(13-19)6-4-11-20(26)25-17-8-2-1-3-9-17/h5,7,10,14-15,17,19H,1-4,6,8-9,11-13H2,(H,25,26). The summed E-state index contributed by atoms with van der Waals surface area (Å²) in [5.41, 5.74) is -0.946. The highest BCUT2D eigenvalue weighted by molar-refractivity contribution is 7.92. The van der Waals surface area contributed by atoms with Crippen LogP contribution in [0.2, 0.25) is 0 Å². The van der Waals surface area contributed by atoms with Crippen molar-refractivity contribution in [3.63, 3.8) is 0 Å². The SMILES string of the molecule is O=C(CCCC1CC(S(=O)(=O)c2cccc(C(F)(F)F)c2)C1)NC1CCCCC1. The highest BCUT2D eigenvalue weighted by Gasteiger charge is 2.40. The third-order valence-corrected chi connectivity index (χ3v) is 8.28. The molecule has 0 saturated heterocycles. The lowest BCUT2D eigenvalue weighted by Crippen LogP contribution is -2.37. The van der Waals surface area contributed by atoms with Gasteiger partial charge < -0.3 is 5.32 Å². The van der Waals surface area contributed by atoms with Crippen molar-refractivity contribution in [3.05, 3.63) is 29.8 Å². The minimum atomic E-state index is -4.56. The van der Waals surface area contributed by atoms with Crippen molar-refractivity contribution in [1.82, 2.24) is 5.32 Å². The maximum atomic E-state index is 12.8. The first-order valence-corrected chi connectivity index (χ1v) is 11.9. The molecule has 1 aromatic carbocycles. The van der Waals surface area contributed by atoms with E-state index >= 15 is 0 Å². The molecule has 1 N–H and O–H groups in total. The molecule has 0 radical (unpaired) electrons. The second-order valence-electron chi connectivity index (χ2n) is 8.32. The van der Waals surface area contributed by atoms with Crippen LogP contribution in [0.25, 0.3) is 0 Å². The second kappa shape index (κ2) is 9.06. The summed E-state index contributed by atoms with van der Waals surface area (Å²) < 4.78 is 63.7. The number of carbonyl (C=O) groups excluding carboxylic acids is 1. The molecule has 0 spiro atoms. The zero-order valence-corrected chi connectivity index (χ0v) is 17.2. The Balaban J connectivity index is 1.42. The molecule has 0 atom stereocenters. The van der Waals surface area contributed by atoms with Gasteiger partial charge in [0.2, 0.25) is 5.91 Å². The maximum Gasteiger partial charge on any atom is 0.416 e. The van der Waals surface area contributed by atoms with Gasteiger partial charge in [0.05, 0.1) is 15.7 Å². The van der Waals surface area contributed by atoms with E-state index in [1.165, 1.54) is 12.5 Å². The Morgan fingerprint density at radius 2 is 1.79 bits per heavy atom. The number of amides is 1. The van der Waals surface area contributed by atoms with Crippen molar-refractivity contribution in [3.8, 4) is 0 Å². The van der Waals surface area contributed by atoms with E-state index in [1.54, 1.807) is 0 Å². The van der Waals surface area contributed by atoms with Crippen molar-refractivity contribution in [2.24, 2.45) is 5.92 Å². The Morgan fingerprint density at radius 3 is 2.45 bits per heavy atom. The predicted octanol–water partition coefficient (Wildman–Crippen LogP) is 4.88. The Labute approximate surface area is 170 Å². The maximum absolute atomic E-state index is 12.8. The van der Waals surface area contributed by atoms with E-state index in [2.05, 4.69) is 5.32 Å². The number of rotatable bonds is 7. The monoisotopic (exact) mass is 431 g/mol. The van der Waals surface area contributed by atoms with Gasteiger partial charge in [-0.3, -0.25) is 4.79 Å². The first-order chi connectivity index (χ1) is 13.7. The number of alkyl halides is 3. The lowest BCUT2D eigenvalue weighted by Gasteiger charge is -2.35. The molecule has 0 aromatic heterocycles. The van der Waals surface area contributed by atoms with Crippen molar-refractivity contribution >= 4 is 15.7 Å². The summed E-state index contributed by atoms with van der Waals surface area (Å²) in [6.07, 6.45) is 3.90. The van der Waals surface area contributed by atoms with Gasteiger partial charge >= 0.3 is 6.18 Å². The lowest BCUT2D eigenvalue weighted by atomic mass is 9.81. The fourth-order valence-corrected chi connectivity index (χ4v) is 6.30. The highest BCUT2D eigenvalue weighted by Crippen LogP contribution is 2.40. The van der Waals surface area contributed by atoms with Crippen LogP contribution in [0.4, 0.5) is 13.2 Å². The molecule has 8 heteroatoms. The van der Waals surface area contributed by atoms with Gasteiger partial charge in [-0.15, -0.1) is 0 Å². The number of sulfone groups is 1. The number of benzene rings is 1. The van der Waals surface area contributed by atoms with Crippen LogP contribution in [0.15, 0.2) is 29.2 Å². The molecule has 4 nitrogen and oxygen atoms in total. The van der Waals surface area contributed by atoms with Gasteiger partial charge in [-0.2, -0.15) is 13.2 Å². The molecular formula is C21H28F3NO3S. The van der Waals surface area contributed by atoms with Gasteiger partial charge in [0, 0.05) is 12.5 Å². The molecule has 162 valence electrons. The third kappa shape index (κ3) is 5.74. The topological polar surface area (TPSA) is 63.2 Å². The number of hydrogen-bond acceptors (Lipinski definition) is 3. The van der Waals surface area contributed by atoms with E-state index < -0.39 is 26.8 Å². The number of hydrogen-bond donors (Lipinski definition) is 1. The zero-order chi connectivity index (χ0) is 21.1. The Kier molecular flexibility index (Phi) is 6.91. The number of carbonyl (C=O) groups is 1. The fraction of sp³-hybridized carbons (Fsp3) is 0.667. The van der Waals surface area contributed by atoms with Crippen molar-refractivity contribution < 1.29 is 26.4 Å². The Morgan fingerprint density at radius 1 is 1.10 bits per heavy atom. The first kappa shape index (κ1) is 22.1. The second-order valence-corrected chi connectivity index (χ2v) is 10.6. The summed E-state index contributed by atoms with van der Waals surface area (Å²) in [5.74, 6) is 0.271. The van der Waals surface area contributed by atoms with Crippen LogP contribution in [-0.4, -0.2) is 25.6 Å². The van der Waals surface area contributed by atoms with Crippen LogP contribution in [-0.2, 0) is 20.8 Å². The van der Waals surface area contributed by atoms with Crippen molar-refractivity contribution in [1.29, 1.82) is 0 Å². The first-order valence-electron chi connectivity index (χ1n) is 10.4. The predicted molar refractivity (Wildman–Crippen MR) is 104 cm³/mol. The van der Waals surface area contributed by atoms with Crippen LogP contribution in [0.1, 0.15) is 69.8 Å². The van der Waals surface area contributed by atoms with Crippen LogP contribution >= 0.6 is 0 Å². The molecule has 29 heavy (non-hydrogen) atoms. The summed E-state index contributed by atoms with van der Waals surface area (Å²) in [5, 5.41) is 2.44. The average Bonchev–Trinajstić information content (AvgIpc) is 2.63. The summed E-state index contributed by atoms with van der Waals surface area (Å²) in [6, 6.07) is 4.26. The van der Waals surface area contributed by atoms with Crippen LogP contribution < -0.4 is 5.32 Å². The molecule has 3 rings (SSSR count). The minimum absolute atomic E-state index is 0.0596. The molecule has 2 fully saturated rings. The smallest absolute Gasteiger partial charge is 0.353 e. The lowest BCUT2D eigenvalue weighted by molar-refractivity contribution is -0.137. The molecule has 0 aliphatic heterocycles. The summed E-state index contributed by atoms with van der Waals surface area (Å²) in [6.45, 7) is 0. The largest absolute Gasteiger partial charge is 0.416 e. The zero-order valence-electron chi connectivity index (χ0n) is 16.4. The van der Waals surface area contributed by atoms with Crippen LogP contribution in [0.3, 0.4) is 0 Å². The molecule has 0 unspecified atom stereocenters. The molecule has 0 bridgehead atoms. The molecule has 2 saturated carbocycles. The fourth-order valence-electron chi connectivity index (χ4n) is 4.30. The van der Waals surface area contributed by atoms with E-state index in [0.29, 0.717) is 31.7 Å². The van der Waals surface area contributed by atoms with E-state index in [-0.39, 0.29) is 16.7 Å². The molecule has 1 amide bonds. The average molecular weight is 432 g/mol. The van der Waals surface area contributed by atoms with Gasteiger partial charge in [-0.25, -0.2) is 8.42 Å². The molecule has 2 aliphatic carbocycles. The number of halogens is 3. The van der Waals surface area contributed by atoms with Crippen LogP contribution in [0.5, 0.6) is 0 Å². The highest BCUT2D eigenvalue weighted by atomic mass is 32.2. The van der Waals surface area contributed by atoms with E-state index in [1.807, 2.05) is 0 Å². The summed E-state index contributed by atoms with van der Waals surface area (Å²) >= 11 is 0. The quantitative estimate of drug-likeness (QED) is 0.669. The van der Waals surface area contributed by atoms with Gasteiger partial charge in [0.1, 0.15) is 0 Å². The summed E-state index contributed by atoms with van der Waals surface area (Å²) in [4.78, 5) is 11.8. The molecular weight excluding hydrogens is 403 g/mol. The van der Waals surface area contributed by atoms with Crippen LogP contribution in [0, 0.1) is 5.92 Å². The van der Waals surface area contributed by atoms with Crippen molar-refractivity contribution in [2.75, 3.05) is 0 Å². The van der Waals surface area contributed by atoms with E-state index in [0.717, 1.165) is 50.3 Å². The van der Waals surface area contributed by atoms with Gasteiger partial charge in [-0.1, -0.05) is 25.3 Å². The molecule has 2 aliphatic rings. The Bertz CT molecular complexity index is 811.